The third kappa shape index (κ3) is 3.92. The van der Waals surface area contributed by atoms with Crippen molar-refractivity contribution in [2.45, 2.75) is 39.2 Å². The van der Waals surface area contributed by atoms with E-state index < -0.39 is 0 Å². The fourth-order valence-electron chi connectivity index (χ4n) is 4.37. The molecule has 2 aliphatic rings. The molecule has 3 heterocycles. The number of benzene rings is 2. The van der Waals surface area contributed by atoms with E-state index in [-0.39, 0.29) is 23.9 Å². The van der Waals surface area contributed by atoms with Crippen LogP contribution in [0.5, 0.6) is 11.5 Å². The summed E-state index contributed by atoms with van der Waals surface area (Å²) in [6, 6.07) is 11.2. The van der Waals surface area contributed by atoms with Crippen LogP contribution in [0.4, 0.5) is 5.69 Å². The average Bonchev–Trinajstić information content (AvgIpc) is 3.60. The van der Waals surface area contributed by atoms with Crippen LogP contribution in [-0.4, -0.2) is 38.7 Å². The molecule has 1 aliphatic carbocycles. The van der Waals surface area contributed by atoms with Crippen LogP contribution in [0.25, 0.3) is 16.6 Å². The molecule has 1 N–H and O–H groups in total. The molecule has 0 bridgehead atoms. The summed E-state index contributed by atoms with van der Waals surface area (Å²) in [7, 11) is 0. The van der Waals surface area contributed by atoms with Crippen LogP contribution in [0.15, 0.2) is 47.4 Å². The summed E-state index contributed by atoms with van der Waals surface area (Å²) in [5, 5.41) is 12.7. The Morgan fingerprint density at radius 3 is 2.63 bits per heavy atom. The maximum atomic E-state index is 13.5. The average molecular weight is 472 g/mol. The Labute approximate surface area is 201 Å². The molecule has 1 amide bonds. The lowest BCUT2D eigenvalue weighted by molar-refractivity contribution is -0.117. The van der Waals surface area contributed by atoms with Gasteiger partial charge < -0.3 is 14.8 Å². The lowest BCUT2D eigenvalue weighted by Gasteiger charge is -2.19. The van der Waals surface area contributed by atoms with Crippen molar-refractivity contribution >= 4 is 22.5 Å². The number of hydrogen-bond acceptors (Lipinski definition) is 6. The van der Waals surface area contributed by atoms with Gasteiger partial charge in [-0.25, -0.2) is 9.36 Å². The van der Waals surface area contributed by atoms with Gasteiger partial charge in [0.15, 0.2) is 11.5 Å². The van der Waals surface area contributed by atoms with Crippen LogP contribution in [0.2, 0.25) is 0 Å². The number of carbonyl (C=O) groups excluding carboxylic acids is 1. The summed E-state index contributed by atoms with van der Waals surface area (Å²) in [6.07, 6.45) is 3.74. The summed E-state index contributed by atoms with van der Waals surface area (Å²) >= 11 is 0. The quantitative estimate of drug-likeness (QED) is 0.478. The molecular formula is C26H25N5O4. The van der Waals surface area contributed by atoms with Crippen LogP contribution in [-0.2, 0) is 11.3 Å². The number of fused-ring (bicyclic) bond motifs is 2. The fourth-order valence-corrected chi connectivity index (χ4v) is 4.37. The van der Waals surface area contributed by atoms with E-state index in [4.69, 9.17) is 9.47 Å². The molecule has 178 valence electrons. The fraction of sp³-hybridized carbons (Fsp3) is 0.308. The van der Waals surface area contributed by atoms with E-state index in [0.717, 1.165) is 35.2 Å². The third-order valence-electron chi connectivity index (χ3n) is 6.53. The van der Waals surface area contributed by atoms with Crippen molar-refractivity contribution in [3.05, 3.63) is 69.8 Å². The van der Waals surface area contributed by atoms with E-state index in [9.17, 15) is 9.59 Å². The molecule has 0 unspecified atom stereocenters. The minimum atomic E-state index is -0.352. The minimum Gasteiger partial charge on any atom is -0.486 e. The van der Waals surface area contributed by atoms with Gasteiger partial charge in [-0.15, -0.1) is 0 Å². The lowest BCUT2D eigenvalue weighted by Crippen LogP contribution is -2.31. The van der Waals surface area contributed by atoms with Crippen molar-refractivity contribution in [2.24, 2.45) is 0 Å². The van der Waals surface area contributed by atoms with Gasteiger partial charge in [0.25, 0.3) is 5.56 Å². The molecule has 9 nitrogen and oxygen atoms in total. The van der Waals surface area contributed by atoms with Crippen molar-refractivity contribution in [1.29, 1.82) is 0 Å². The number of rotatable bonds is 5. The van der Waals surface area contributed by atoms with E-state index in [1.807, 2.05) is 32.0 Å². The topological polar surface area (TPSA) is 100 Å². The Balaban J connectivity index is 1.35. The van der Waals surface area contributed by atoms with Crippen molar-refractivity contribution < 1.29 is 14.3 Å². The molecule has 0 saturated heterocycles. The number of nitrogens with one attached hydrogen (secondary N) is 1. The maximum Gasteiger partial charge on any atom is 0.293 e. The Morgan fingerprint density at radius 2 is 1.86 bits per heavy atom. The smallest absolute Gasteiger partial charge is 0.293 e. The molecule has 0 spiro atoms. The zero-order chi connectivity index (χ0) is 24.1. The first kappa shape index (κ1) is 21.4. The van der Waals surface area contributed by atoms with Crippen LogP contribution >= 0.6 is 0 Å². The molecule has 9 heteroatoms. The normalized spacial score (nSPS) is 14.8. The molecule has 0 atom stereocenters. The van der Waals surface area contributed by atoms with Gasteiger partial charge in [-0.3, -0.25) is 9.59 Å². The highest BCUT2D eigenvalue weighted by Gasteiger charge is 2.30. The van der Waals surface area contributed by atoms with E-state index in [2.05, 4.69) is 15.5 Å². The molecule has 6 rings (SSSR count). The number of anilines is 1. The zero-order valence-electron chi connectivity index (χ0n) is 19.6. The highest BCUT2D eigenvalue weighted by atomic mass is 16.6. The standard InChI is InChI=1S/C26H25N5O4/c1-15-3-7-19(11-16(15)2)31-25-20(13-27-31)24(17-4-5-17)29-30(26(25)33)14-23(32)28-18-6-8-21-22(12-18)35-10-9-34-21/h3,6-8,11-13,17H,4-5,9-10,14H2,1-2H3,(H,28,32). The number of ether oxygens (including phenoxy) is 2. The first-order valence-corrected chi connectivity index (χ1v) is 11.7. The molecule has 4 aromatic rings. The first-order chi connectivity index (χ1) is 17.0. The summed E-state index contributed by atoms with van der Waals surface area (Å²) in [4.78, 5) is 26.4. The number of aryl methyl sites for hydroxylation is 2. The van der Waals surface area contributed by atoms with Gasteiger partial charge in [-0.05, 0) is 62.1 Å². The van der Waals surface area contributed by atoms with E-state index in [0.29, 0.717) is 35.9 Å². The monoisotopic (exact) mass is 471 g/mol. The van der Waals surface area contributed by atoms with Gasteiger partial charge in [-0.1, -0.05) is 6.07 Å². The molecule has 1 fully saturated rings. The van der Waals surface area contributed by atoms with E-state index in [1.165, 1.54) is 10.2 Å². The minimum absolute atomic E-state index is 0.207. The van der Waals surface area contributed by atoms with Crippen molar-refractivity contribution in [3.63, 3.8) is 0 Å². The van der Waals surface area contributed by atoms with Gasteiger partial charge in [0.05, 0.1) is 17.6 Å². The van der Waals surface area contributed by atoms with Gasteiger partial charge in [0.2, 0.25) is 5.91 Å². The Kier molecular flexibility index (Phi) is 5.05. The second-order valence-electron chi connectivity index (χ2n) is 9.12. The third-order valence-corrected chi connectivity index (χ3v) is 6.53. The molecule has 1 saturated carbocycles. The van der Waals surface area contributed by atoms with Crippen molar-refractivity contribution in [1.82, 2.24) is 19.6 Å². The molecule has 1 aliphatic heterocycles. The van der Waals surface area contributed by atoms with Crippen molar-refractivity contribution in [2.75, 3.05) is 18.5 Å². The maximum absolute atomic E-state index is 13.5. The Hall–Kier alpha value is -4.14. The SMILES string of the molecule is Cc1ccc(-n2ncc3c(C4CC4)nn(CC(=O)Nc4ccc5c(c4)OCCO5)c(=O)c32)cc1C. The summed E-state index contributed by atoms with van der Waals surface area (Å²) in [5.74, 6) is 1.16. The number of amides is 1. The highest BCUT2D eigenvalue weighted by molar-refractivity contribution is 5.91. The van der Waals surface area contributed by atoms with Gasteiger partial charge in [-0.2, -0.15) is 10.2 Å². The molecule has 2 aromatic carbocycles. The molecule has 35 heavy (non-hydrogen) atoms. The van der Waals surface area contributed by atoms with E-state index >= 15 is 0 Å². The Bertz CT molecular complexity index is 1530. The van der Waals surface area contributed by atoms with Gasteiger partial charge >= 0.3 is 0 Å². The molecule has 0 radical (unpaired) electrons. The second kappa shape index (κ2) is 8.26. The van der Waals surface area contributed by atoms with Crippen LogP contribution in [0.1, 0.15) is 35.6 Å². The number of carbonyl (C=O) groups is 1. The number of aromatic nitrogens is 4. The van der Waals surface area contributed by atoms with Crippen LogP contribution in [0.3, 0.4) is 0 Å². The largest absolute Gasteiger partial charge is 0.486 e. The Morgan fingerprint density at radius 1 is 1.06 bits per heavy atom. The number of hydrogen-bond donors (Lipinski definition) is 1. The second-order valence-corrected chi connectivity index (χ2v) is 9.12. The van der Waals surface area contributed by atoms with Crippen LogP contribution in [0, 0.1) is 13.8 Å². The predicted molar refractivity (Wildman–Crippen MR) is 131 cm³/mol. The zero-order valence-corrected chi connectivity index (χ0v) is 19.6. The van der Waals surface area contributed by atoms with Gasteiger partial charge in [0.1, 0.15) is 25.3 Å². The first-order valence-electron chi connectivity index (χ1n) is 11.7. The van der Waals surface area contributed by atoms with E-state index in [1.54, 1.807) is 29.1 Å². The highest BCUT2D eigenvalue weighted by Crippen LogP contribution is 2.41. The summed E-state index contributed by atoms with van der Waals surface area (Å²) < 4.78 is 14.0. The van der Waals surface area contributed by atoms with Crippen LogP contribution < -0.4 is 20.3 Å². The summed E-state index contributed by atoms with van der Waals surface area (Å²) in [6.45, 7) is 4.83. The lowest BCUT2D eigenvalue weighted by atomic mass is 10.1. The van der Waals surface area contributed by atoms with Gasteiger partial charge in [0, 0.05) is 23.1 Å². The summed E-state index contributed by atoms with van der Waals surface area (Å²) in [5.41, 5.74) is 4.56. The number of nitrogens with zero attached hydrogens (tertiary/aromatic N) is 4. The molecule has 2 aromatic heterocycles. The molecular weight excluding hydrogens is 446 g/mol. The van der Waals surface area contributed by atoms with Crippen molar-refractivity contribution in [3.8, 4) is 17.2 Å². The predicted octanol–water partition coefficient (Wildman–Crippen LogP) is 3.49.